The molecule has 1 atom stereocenters. The average molecular weight is 431 g/mol. The van der Waals surface area contributed by atoms with Crippen LogP contribution >= 0.6 is 15.9 Å². The van der Waals surface area contributed by atoms with Crippen LogP contribution in [0, 0.1) is 13.8 Å². The van der Waals surface area contributed by atoms with E-state index in [1.807, 2.05) is 44.2 Å². The number of likely N-dealkylation sites (tertiary alicyclic amines) is 1. The van der Waals surface area contributed by atoms with Gasteiger partial charge in [-0.25, -0.2) is 0 Å². The van der Waals surface area contributed by atoms with Crippen LogP contribution in [-0.4, -0.2) is 30.4 Å². The first-order valence-corrected chi connectivity index (χ1v) is 10.1. The third-order valence-electron chi connectivity index (χ3n) is 5.23. The number of aryl methyl sites for hydroxylation is 2. The summed E-state index contributed by atoms with van der Waals surface area (Å²) in [6, 6.07) is 9.79. The summed E-state index contributed by atoms with van der Waals surface area (Å²) in [6.45, 7) is 6.40. The molecule has 5 nitrogen and oxygen atoms in total. The van der Waals surface area contributed by atoms with Crippen molar-refractivity contribution in [3.63, 3.8) is 0 Å². The fraction of sp³-hybridized carbons (Fsp3) is 0.381. The van der Waals surface area contributed by atoms with Gasteiger partial charge in [0.2, 0.25) is 0 Å². The number of fused-ring (bicyclic) bond motifs is 1. The van der Waals surface area contributed by atoms with E-state index >= 15 is 0 Å². The van der Waals surface area contributed by atoms with Gasteiger partial charge in [-0.15, -0.1) is 0 Å². The molecule has 1 aromatic carbocycles. The van der Waals surface area contributed by atoms with Crippen LogP contribution in [0.4, 0.5) is 0 Å². The molecule has 0 unspecified atom stereocenters. The molecule has 0 saturated carbocycles. The summed E-state index contributed by atoms with van der Waals surface area (Å²) >= 11 is 3.47. The maximum absolute atomic E-state index is 12.8. The molecule has 0 radical (unpaired) electrons. The number of furan rings is 2. The number of nitrogens with zero attached hydrogens (tertiary/aromatic N) is 1. The molecule has 6 heteroatoms. The Morgan fingerprint density at radius 1 is 1.19 bits per heavy atom. The van der Waals surface area contributed by atoms with Gasteiger partial charge in [-0.05, 0) is 70.1 Å². The van der Waals surface area contributed by atoms with E-state index in [9.17, 15) is 4.79 Å². The number of hydrogen-bond donors (Lipinski definition) is 1. The van der Waals surface area contributed by atoms with Gasteiger partial charge < -0.3 is 14.2 Å². The van der Waals surface area contributed by atoms with Crippen LogP contribution in [0.15, 0.2) is 43.6 Å². The molecule has 0 spiro atoms. The summed E-state index contributed by atoms with van der Waals surface area (Å²) in [4.78, 5) is 15.2. The lowest BCUT2D eigenvalue weighted by Crippen LogP contribution is -2.36. The first-order chi connectivity index (χ1) is 13.0. The van der Waals surface area contributed by atoms with E-state index in [1.54, 1.807) is 0 Å². The maximum Gasteiger partial charge on any atom is 0.287 e. The number of benzene rings is 1. The van der Waals surface area contributed by atoms with Gasteiger partial charge >= 0.3 is 0 Å². The van der Waals surface area contributed by atoms with Gasteiger partial charge in [0.25, 0.3) is 5.91 Å². The Hall–Kier alpha value is -2.05. The van der Waals surface area contributed by atoms with Crippen molar-refractivity contribution in [1.29, 1.82) is 0 Å². The number of carbonyl (C=O) groups excluding carboxylic acids is 1. The van der Waals surface area contributed by atoms with Gasteiger partial charge in [0.1, 0.15) is 17.1 Å². The fourth-order valence-electron chi connectivity index (χ4n) is 3.77. The molecule has 27 heavy (non-hydrogen) atoms. The van der Waals surface area contributed by atoms with Crippen LogP contribution in [0.25, 0.3) is 11.0 Å². The fourth-order valence-corrected chi connectivity index (χ4v) is 4.14. The highest BCUT2D eigenvalue weighted by Gasteiger charge is 2.27. The average Bonchev–Trinajstić information content (AvgIpc) is 3.38. The van der Waals surface area contributed by atoms with Crippen molar-refractivity contribution in [2.75, 3.05) is 19.6 Å². The standard InChI is InChI=1S/C21H23BrN2O3/c1-13-5-7-19(26-13)17(24-9-3-4-10-24)12-23-21(25)20-14(2)16-11-15(22)6-8-18(16)27-20/h5-8,11,17H,3-4,9-10,12H2,1-2H3,(H,23,25)/t17-/m0/s1. The first kappa shape index (κ1) is 18.3. The second kappa shape index (κ2) is 7.52. The van der Waals surface area contributed by atoms with Crippen molar-refractivity contribution >= 4 is 32.8 Å². The van der Waals surface area contributed by atoms with E-state index in [-0.39, 0.29) is 11.9 Å². The van der Waals surface area contributed by atoms with Gasteiger partial charge in [0.15, 0.2) is 5.76 Å². The Morgan fingerprint density at radius 3 is 2.67 bits per heavy atom. The normalized spacial score (nSPS) is 16.1. The van der Waals surface area contributed by atoms with Gasteiger partial charge in [-0.3, -0.25) is 9.69 Å². The molecule has 1 N–H and O–H groups in total. The Labute approximate surface area is 166 Å². The molecule has 0 bridgehead atoms. The molecule has 2 aromatic heterocycles. The van der Waals surface area contributed by atoms with Crippen molar-refractivity contribution in [1.82, 2.24) is 10.2 Å². The molecule has 1 aliphatic rings. The maximum atomic E-state index is 12.8. The van der Waals surface area contributed by atoms with Crippen LogP contribution in [-0.2, 0) is 0 Å². The number of rotatable bonds is 5. The number of amides is 1. The summed E-state index contributed by atoms with van der Waals surface area (Å²) in [7, 11) is 0. The van der Waals surface area contributed by atoms with E-state index in [0.29, 0.717) is 12.3 Å². The Balaban J connectivity index is 1.53. The monoisotopic (exact) mass is 430 g/mol. The Bertz CT molecular complexity index is 969. The summed E-state index contributed by atoms with van der Waals surface area (Å²) in [6.07, 6.45) is 2.36. The highest BCUT2D eigenvalue weighted by atomic mass is 79.9. The molecule has 1 aliphatic heterocycles. The Morgan fingerprint density at radius 2 is 1.96 bits per heavy atom. The van der Waals surface area contributed by atoms with E-state index in [2.05, 4.69) is 26.1 Å². The lowest BCUT2D eigenvalue weighted by Gasteiger charge is -2.25. The molecule has 1 fully saturated rings. The molecule has 1 saturated heterocycles. The third-order valence-corrected chi connectivity index (χ3v) is 5.72. The zero-order valence-corrected chi connectivity index (χ0v) is 17.1. The highest BCUT2D eigenvalue weighted by Crippen LogP contribution is 2.29. The summed E-state index contributed by atoms with van der Waals surface area (Å²) in [5.41, 5.74) is 1.58. The quantitative estimate of drug-likeness (QED) is 0.620. The van der Waals surface area contributed by atoms with E-state index < -0.39 is 0 Å². The van der Waals surface area contributed by atoms with Crippen LogP contribution < -0.4 is 5.32 Å². The van der Waals surface area contributed by atoms with Crippen molar-refractivity contribution in [2.24, 2.45) is 0 Å². The van der Waals surface area contributed by atoms with E-state index in [1.165, 1.54) is 12.8 Å². The van der Waals surface area contributed by atoms with Crippen molar-refractivity contribution in [2.45, 2.75) is 32.7 Å². The molecule has 1 amide bonds. The lowest BCUT2D eigenvalue weighted by molar-refractivity contribution is 0.0907. The molecule has 3 heterocycles. The molecular weight excluding hydrogens is 408 g/mol. The van der Waals surface area contributed by atoms with Gasteiger partial charge in [0, 0.05) is 22.0 Å². The van der Waals surface area contributed by atoms with Gasteiger partial charge in [-0.2, -0.15) is 0 Å². The molecule has 142 valence electrons. The second-order valence-corrected chi connectivity index (χ2v) is 8.03. The van der Waals surface area contributed by atoms with Crippen molar-refractivity contribution < 1.29 is 13.6 Å². The topological polar surface area (TPSA) is 58.6 Å². The largest absolute Gasteiger partial charge is 0.465 e. The van der Waals surface area contributed by atoms with Crippen LogP contribution in [0.1, 0.15) is 46.5 Å². The molecule has 4 rings (SSSR count). The zero-order valence-electron chi connectivity index (χ0n) is 15.5. The highest BCUT2D eigenvalue weighted by molar-refractivity contribution is 9.10. The van der Waals surface area contributed by atoms with E-state index in [4.69, 9.17) is 8.83 Å². The number of carbonyl (C=O) groups is 1. The van der Waals surface area contributed by atoms with Crippen LogP contribution in [0.5, 0.6) is 0 Å². The SMILES string of the molecule is Cc1ccc([C@H](CNC(=O)c2oc3ccc(Br)cc3c2C)N2CCCC2)o1. The molecular formula is C21H23BrN2O3. The number of nitrogens with one attached hydrogen (secondary N) is 1. The summed E-state index contributed by atoms with van der Waals surface area (Å²) in [5, 5.41) is 4.01. The minimum Gasteiger partial charge on any atom is -0.465 e. The van der Waals surface area contributed by atoms with Crippen LogP contribution in [0.2, 0.25) is 0 Å². The van der Waals surface area contributed by atoms with Gasteiger partial charge in [0.05, 0.1) is 6.04 Å². The predicted molar refractivity (Wildman–Crippen MR) is 108 cm³/mol. The van der Waals surface area contributed by atoms with Gasteiger partial charge in [-0.1, -0.05) is 15.9 Å². The van der Waals surface area contributed by atoms with Crippen LogP contribution in [0.3, 0.4) is 0 Å². The first-order valence-electron chi connectivity index (χ1n) is 9.30. The van der Waals surface area contributed by atoms with E-state index in [0.717, 1.165) is 45.6 Å². The third kappa shape index (κ3) is 3.69. The lowest BCUT2D eigenvalue weighted by atomic mass is 10.1. The smallest absolute Gasteiger partial charge is 0.287 e. The molecule has 3 aromatic rings. The number of halogens is 1. The molecule has 0 aliphatic carbocycles. The van der Waals surface area contributed by atoms with Crippen molar-refractivity contribution in [3.8, 4) is 0 Å². The summed E-state index contributed by atoms with van der Waals surface area (Å²) in [5.74, 6) is 1.98. The predicted octanol–water partition coefficient (Wildman–Crippen LogP) is 4.97. The minimum atomic E-state index is -0.188. The minimum absolute atomic E-state index is 0.0454. The second-order valence-electron chi connectivity index (χ2n) is 7.11. The zero-order chi connectivity index (χ0) is 19.0. The van der Waals surface area contributed by atoms with Crippen molar-refractivity contribution in [3.05, 3.63) is 57.6 Å². The summed E-state index contributed by atoms with van der Waals surface area (Å²) < 4.78 is 12.6. The Kier molecular flexibility index (Phi) is 5.10. The number of hydrogen-bond acceptors (Lipinski definition) is 4.